The zero-order valence-electron chi connectivity index (χ0n) is 11.9. The van der Waals surface area contributed by atoms with E-state index in [4.69, 9.17) is 0 Å². The van der Waals surface area contributed by atoms with E-state index >= 15 is 0 Å². The molecule has 1 saturated carbocycles. The molecule has 118 valence electrons. The summed E-state index contributed by atoms with van der Waals surface area (Å²) in [5.74, 6) is -0.341. The van der Waals surface area contributed by atoms with Gasteiger partial charge in [0.05, 0.1) is 5.52 Å². The van der Waals surface area contributed by atoms with E-state index in [0.717, 1.165) is 19.3 Å². The van der Waals surface area contributed by atoms with Crippen molar-refractivity contribution in [3.05, 3.63) is 24.3 Å². The van der Waals surface area contributed by atoms with Crippen LogP contribution in [0.2, 0.25) is 0 Å². The Morgan fingerprint density at radius 2 is 2.14 bits per heavy atom. The second kappa shape index (κ2) is 6.00. The summed E-state index contributed by atoms with van der Waals surface area (Å²) >= 11 is 0. The first-order valence-corrected chi connectivity index (χ1v) is 7.29. The number of aliphatic hydroxyl groups is 1. The van der Waals surface area contributed by atoms with Crippen LogP contribution in [-0.2, 0) is 11.3 Å². The highest BCUT2D eigenvalue weighted by molar-refractivity contribution is 6.01. The van der Waals surface area contributed by atoms with Gasteiger partial charge >= 0.3 is 0 Å². The number of para-hydroxylation sites is 1. The van der Waals surface area contributed by atoms with Gasteiger partial charge in [-0.1, -0.05) is 18.6 Å². The summed E-state index contributed by atoms with van der Waals surface area (Å²) in [5.41, 5.74) is 0.524. The maximum Gasteiger partial charge on any atom is 0.257 e. The maximum absolute atomic E-state index is 12.6. The molecule has 1 heterocycles. The first-order valence-electron chi connectivity index (χ1n) is 7.29. The van der Waals surface area contributed by atoms with Gasteiger partial charge in [0.1, 0.15) is 12.6 Å². The van der Waals surface area contributed by atoms with E-state index in [9.17, 15) is 18.7 Å². The Morgan fingerprint density at radius 1 is 1.41 bits per heavy atom. The Morgan fingerprint density at radius 3 is 2.77 bits per heavy atom. The van der Waals surface area contributed by atoms with Crippen molar-refractivity contribution in [2.75, 3.05) is 5.32 Å². The van der Waals surface area contributed by atoms with Gasteiger partial charge in [-0.05, 0) is 30.9 Å². The second-order valence-corrected chi connectivity index (χ2v) is 5.56. The topological polar surface area (TPSA) is 67.2 Å². The van der Waals surface area contributed by atoms with Crippen LogP contribution in [-0.4, -0.2) is 33.3 Å². The molecule has 0 spiro atoms. The van der Waals surface area contributed by atoms with Crippen LogP contribution in [0.3, 0.4) is 0 Å². The Balaban J connectivity index is 1.85. The summed E-state index contributed by atoms with van der Waals surface area (Å²) in [6, 6.07) is 6.84. The largest absolute Gasteiger partial charge is 0.383 e. The number of anilines is 1. The molecule has 22 heavy (non-hydrogen) atoms. The number of amides is 1. The van der Waals surface area contributed by atoms with Crippen LogP contribution in [0.4, 0.5) is 14.6 Å². The van der Waals surface area contributed by atoms with E-state index in [0.29, 0.717) is 10.9 Å². The summed E-state index contributed by atoms with van der Waals surface area (Å²) in [5, 5.41) is 17.1. The monoisotopic (exact) mass is 309 g/mol. The van der Waals surface area contributed by atoms with Gasteiger partial charge in [0, 0.05) is 5.39 Å². The third-order valence-corrected chi connectivity index (χ3v) is 4.08. The van der Waals surface area contributed by atoms with Gasteiger partial charge < -0.3 is 10.4 Å². The zero-order chi connectivity index (χ0) is 15.7. The number of fused-ring (bicyclic) bond motifs is 1. The Kier molecular flexibility index (Phi) is 4.06. The fourth-order valence-electron chi connectivity index (χ4n) is 2.65. The molecule has 1 unspecified atom stereocenters. The SMILES string of the molecule is O=C(Nc1nn(CC(F)F)c2ccccc12)C(O)C1CCC1. The molecule has 3 rings (SSSR count). The van der Waals surface area contributed by atoms with Gasteiger partial charge in [0.2, 0.25) is 0 Å². The third-order valence-electron chi connectivity index (χ3n) is 4.08. The van der Waals surface area contributed by atoms with E-state index < -0.39 is 25.0 Å². The van der Waals surface area contributed by atoms with E-state index in [1.807, 2.05) is 0 Å². The number of hydrogen-bond donors (Lipinski definition) is 2. The number of hydrogen-bond acceptors (Lipinski definition) is 3. The number of aromatic nitrogens is 2. The summed E-state index contributed by atoms with van der Waals surface area (Å²) in [7, 11) is 0. The molecule has 0 aliphatic heterocycles. The first kappa shape index (κ1) is 14.9. The molecule has 0 radical (unpaired) electrons. The average Bonchev–Trinajstić information content (AvgIpc) is 2.75. The highest BCUT2D eigenvalue weighted by Gasteiger charge is 2.31. The number of halogens is 2. The number of benzene rings is 1. The van der Waals surface area contributed by atoms with Crippen LogP contribution in [0, 0.1) is 5.92 Å². The first-order chi connectivity index (χ1) is 10.6. The zero-order valence-corrected chi connectivity index (χ0v) is 11.9. The molecule has 1 fully saturated rings. The fourth-order valence-corrected chi connectivity index (χ4v) is 2.65. The van der Waals surface area contributed by atoms with Crippen molar-refractivity contribution in [2.45, 2.75) is 38.3 Å². The van der Waals surface area contributed by atoms with E-state index in [1.54, 1.807) is 24.3 Å². The van der Waals surface area contributed by atoms with Crippen LogP contribution < -0.4 is 5.32 Å². The molecule has 5 nitrogen and oxygen atoms in total. The van der Waals surface area contributed by atoms with Gasteiger partial charge in [0.15, 0.2) is 5.82 Å². The second-order valence-electron chi connectivity index (χ2n) is 5.56. The fraction of sp³-hybridized carbons (Fsp3) is 0.467. The van der Waals surface area contributed by atoms with E-state index in [2.05, 4.69) is 10.4 Å². The lowest BCUT2D eigenvalue weighted by molar-refractivity contribution is -0.128. The normalized spacial score (nSPS) is 16.7. The van der Waals surface area contributed by atoms with Gasteiger partial charge in [-0.15, -0.1) is 0 Å². The minimum Gasteiger partial charge on any atom is -0.383 e. The van der Waals surface area contributed by atoms with Crippen molar-refractivity contribution >= 4 is 22.6 Å². The highest BCUT2D eigenvalue weighted by atomic mass is 19.3. The number of rotatable bonds is 5. The predicted molar refractivity (Wildman–Crippen MR) is 77.7 cm³/mol. The van der Waals surface area contributed by atoms with Crippen LogP contribution in [0.1, 0.15) is 19.3 Å². The lowest BCUT2D eigenvalue weighted by Gasteiger charge is -2.29. The summed E-state index contributed by atoms with van der Waals surface area (Å²) in [6.07, 6.45) is -0.939. The highest BCUT2D eigenvalue weighted by Crippen LogP contribution is 2.30. The number of aliphatic hydroxyl groups excluding tert-OH is 1. The van der Waals surface area contributed by atoms with Crippen LogP contribution >= 0.6 is 0 Å². The summed E-state index contributed by atoms with van der Waals surface area (Å²) in [4.78, 5) is 12.1. The molecule has 2 aromatic rings. The van der Waals surface area contributed by atoms with Gasteiger partial charge in [-0.25, -0.2) is 8.78 Å². The third kappa shape index (κ3) is 2.81. The maximum atomic E-state index is 12.6. The van der Waals surface area contributed by atoms with Gasteiger partial charge in [-0.2, -0.15) is 5.10 Å². The van der Waals surface area contributed by atoms with Crippen molar-refractivity contribution in [2.24, 2.45) is 5.92 Å². The van der Waals surface area contributed by atoms with Crippen molar-refractivity contribution in [1.29, 1.82) is 0 Å². The molecular weight excluding hydrogens is 292 g/mol. The average molecular weight is 309 g/mol. The number of nitrogens with one attached hydrogen (secondary N) is 1. The molecule has 0 saturated heterocycles. The quantitative estimate of drug-likeness (QED) is 0.891. The predicted octanol–water partition coefficient (Wildman–Crippen LogP) is 2.40. The molecule has 7 heteroatoms. The Bertz CT molecular complexity index is 682. The van der Waals surface area contributed by atoms with Gasteiger partial charge in [-0.3, -0.25) is 9.48 Å². The molecule has 1 aliphatic rings. The molecule has 0 bridgehead atoms. The van der Waals surface area contributed by atoms with Crippen molar-refractivity contribution in [3.8, 4) is 0 Å². The molecule has 1 atom stereocenters. The Hall–Kier alpha value is -2.02. The van der Waals surface area contributed by atoms with E-state index in [1.165, 1.54) is 4.68 Å². The summed E-state index contributed by atoms with van der Waals surface area (Å²) in [6.45, 7) is -0.540. The summed E-state index contributed by atoms with van der Waals surface area (Å²) < 4.78 is 26.4. The minimum atomic E-state index is -2.53. The molecule has 1 aromatic heterocycles. The standard InChI is InChI=1S/C15H17F2N3O2/c16-12(17)8-20-11-7-2-1-6-10(11)14(19-20)18-15(22)13(21)9-4-3-5-9/h1-2,6-7,9,12-13,21H,3-5,8H2,(H,18,19,22). The minimum absolute atomic E-state index is 0.0191. The number of carbonyl (C=O) groups is 1. The van der Waals surface area contributed by atoms with Crippen molar-refractivity contribution < 1.29 is 18.7 Å². The molecule has 2 N–H and O–H groups in total. The lowest BCUT2D eigenvalue weighted by atomic mass is 9.81. The lowest BCUT2D eigenvalue weighted by Crippen LogP contribution is -2.37. The Labute approximate surface area is 125 Å². The van der Waals surface area contributed by atoms with Crippen LogP contribution in [0.5, 0.6) is 0 Å². The molecular formula is C15H17F2N3O2. The van der Waals surface area contributed by atoms with Crippen LogP contribution in [0.25, 0.3) is 10.9 Å². The molecule has 1 aliphatic carbocycles. The number of nitrogens with zero attached hydrogens (tertiary/aromatic N) is 2. The van der Waals surface area contributed by atoms with Crippen molar-refractivity contribution in [1.82, 2.24) is 9.78 Å². The molecule has 1 amide bonds. The molecule has 1 aromatic carbocycles. The van der Waals surface area contributed by atoms with Crippen LogP contribution in [0.15, 0.2) is 24.3 Å². The van der Waals surface area contributed by atoms with E-state index in [-0.39, 0.29) is 11.7 Å². The number of carbonyl (C=O) groups excluding carboxylic acids is 1. The van der Waals surface area contributed by atoms with Gasteiger partial charge in [0.25, 0.3) is 12.3 Å². The van der Waals surface area contributed by atoms with Crippen molar-refractivity contribution in [3.63, 3.8) is 0 Å². The smallest absolute Gasteiger partial charge is 0.257 e. The number of alkyl halides is 2.